The fourth-order valence-corrected chi connectivity index (χ4v) is 2.75. The Labute approximate surface area is 99.4 Å². The molecule has 0 saturated carbocycles. The van der Waals surface area contributed by atoms with Gasteiger partial charge < -0.3 is 0 Å². The van der Waals surface area contributed by atoms with E-state index in [0.29, 0.717) is 0 Å². The molecule has 1 aliphatic carbocycles. The van der Waals surface area contributed by atoms with Gasteiger partial charge in [-0.3, -0.25) is 0 Å². The number of allylic oxidation sites excluding steroid dienone is 2. The van der Waals surface area contributed by atoms with Gasteiger partial charge >= 0.3 is 0 Å². The summed E-state index contributed by atoms with van der Waals surface area (Å²) in [5, 5.41) is 0. The van der Waals surface area contributed by atoms with Crippen molar-refractivity contribution in [3.63, 3.8) is 0 Å². The van der Waals surface area contributed by atoms with E-state index in [0.717, 1.165) is 0 Å². The van der Waals surface area contributed by atoms with Gasteiger partial charge in [-0.1, -0.05) is 63.1 Å². The van der Waals surface area contributed by atoms with Crippen LogP contribution in [-0.2, 0) is 10.8 Å². The maximum atomic E-state index is 2.42. The summed E-state index contributed by atoms with van der Waals surface area (Å²) < 4.78 is 0. The summed E-state index contributed by atoms with van der Waals surface area (Å²) in [6.07, 6.45) is 2.42. The van der Waals surface area contributed by atoms with E-state index in [1.54, 1.807) is 0 Å². The number of benzene rings is 1. The SMILES string of the molecule is CC1=CC(C)(C)c2ccc(C)cc2C1(C)C. The van der Waals surface area contributed by atoms with Crippen LogP contribution in [0.1, 0.15) is 51.3 Å². The first kappa shape index (κ1) is 11.4. The molecule has 1 aromatic carbocycles. The molecule has 86 valence electrons. The molecule has 0 bridgehead atoms. The zero-order valence-electron chi connectivity index (χ0n) is 11.3. The Morgan fingerprint density at radius 3 is 2.12 bits per heavy atom. The first-order valence-corrected chi connectivity index (χ1v) is 6.07. The standard InChI is InChI=1S/C16H22/c1-11-7-8-13-14(9-11)16(5,6)12(2)10-15(13,3)4/h7-10H,1-6H3. The van der Waals surface area contributed by atoms with Gasteiger partial charge in [0.05, 0.1) is 0 Å². The monoisotopic (exact) mass is 214 g/mol. The normalized spacial score (nSPS) is 21.2. The number of hydrogen-bond acceptors (Lipinski definition) is 0. The van der Waals surface area contributed by atoms with Crippen LogP contribution in [0.2, 0.25) is 0 Å². The van der Waals surface area contributed by atoms with Gasteiger partial charge in [0, 0.05) is 10.8 Å². The molecule has 0 saturated heterocycles. The van der Waals surface area contributed by atoms with E-state index in [2.05, 4.69) is 65.8 Å². The second kappa shape index (κ2) is 3.23. The quantitative estimate of drug-likeness (QED) is 0.557. The molecular formula is C16H22. The Balaban J connectivity index is 2.75. The van der Waals surface area contributed by atoms with E-state index in [1.807, 2.05) is 0 Å². The third-order valence-electron chi connectivity index (χ3n) is 4.11. The predicted octanol–water partition coefficient (Wildman–Crippen LogP) is 4.51. The van der Waals surface area contributed by atoms with Gasteiger partial charge in [0.25, 0.3) is 0 Å². The highest BCUT2D eigenvalue weighted by Crippen LogP contribution is 2.45. The Morgan fingerprint density at radius 1 is 0.875 bits per heavy atom. The largest absolute Gasteiger partial charge is 0.0747 e. The molecule has 1 aliphatic rings. The van der Waals surface area contributed by atoms with Gasteiger partial charge in [0.1, 0.15) is 0 Å². The molecule has 0 unspecified atom stereocenters. The number of fused-ring (bicyclic) bond motifs is 1. The van der Waals surface area contributed by atoms with Gasteiger partial charge in [0.2, 0.25) is 0 Å². The average molecular weight is 214 g/mol. The van der Waals surface area contributed by atoms with Crippen LogP contribution in [-0.4, -0.2) is 0 Å². The van der Waals surface area contributed by atoms with Crippen LogP contribution < -0.4 is 0 Å². The van der Waals surface area contributed by atoms with Crippen molar-refractivity contribution in [2.75, 3.05) is 0 Å². The highest BCUT2D eigenvalue weighted by atomic mass is 14.4. The molecule has 0 amide bonds. The molecule has 16 heavy (non-hydrogen) atoms. The fourth-order valence-electron chi connectivity index (χ4n) is 2.75. The van der Waals surface area contributed by atoms with Crippen molar-refractivity contribution in [3.8, 4) is 0 Å². The first-order chi connectivity index (χ1) is 7.25. The van der Waals surface area contributed by atoms with Crippen molar-refractivity contribution in [2.45, 2.75) is 52.4 Å². The molecule has 0 spiro atoms. The van der Waals surface area contributed by atoms with Crippen molar-refractivity contribution in [2.24, 2.45) is 0 Å². The highest BCUT2D eigenvalue weighted by Gasteiger charge is 2.35. The van der Waals surface area contributed by atoms with Crippen molar-refractivity contribution in [1.29, 1.82) is 0 Å². The Hall–Kier alpha value is -1.04. The van der Waals surface area contributed by atoms with Crippen LogP contribution in [0, 0.1) is 6.92 Å². The number of hydrogen-bond donors (Lipinski definition) is 0. The molecule has 0 radical (unpaired) electrons. The number of aryl methyl sites for hydroxylation is 1. The molecule has 0 aromatic heterocycles. The summed E-state index contributed by atoms with van der Waals surface area (Å²) >= 11 is 0. The Kier molecular flexibility index (Phi) is 2.31. The maximum absolute atomic E-state index is 2.42. The molecule has 0 atom stereocenters. The predicted molar refractivity (Wildman–Crippen MR) is 71.0 cm³/mol. The van der Waals surface area contributed by atoms with Gasteiger partial charge in [-0.2, -0.15) is 0 Å². The lowest BCUT2D eigenvalue weighted by molar-refractivity contribution is 0.532. The van der Waals surface area contributed by atoms with Crippen LogP contribution in [0.15, 0.2) is 29.8 Å². The minimum Gasteiger partial charge on any atom is -0.0747 e. The Bertz CT molecular complexity index is 459. The van der Waals surface area contributed by atoms with Crippen LogP contribution in [0.25, 0.3) is 0 Å². The molecule has 0 nitrogen and oxygen atoms in total. The second-order valence-corrected chi connectivity index (χ2v) is 6.22. The fraction of sp³-hybridized carbons (Fsp3) is 0.500. The lowest BCUT2D eigenvalue weighted by Crippen LogP contribution is -2.32. The third kappa shape index (κ3) is 1.52. The van der Waals surface area contributed by atoms with E-state index < -0.39 is 0 Å². The topological polar surface area (TPSA) is 0 Å². The molecule has 0 N–H and O–H groups in total. The molecule has 0 heterocycles. The van der Waals surface area contributed by atoms with Gasteiger partial charge in [-0.25, -0.2) is 0 Å². The van der Waals surface area contributed by atoms with Crippen LogP contribution in [0.5, 0.6) is 0 Å². The van der Waals surface area contributed by atoms with Gasteiger partial charge in [-0.15, -0.1) is 0 Å². The van der Waals surface area contributed by atoms with E-state index >= 15 is 0 Å². The van der Waals surface area contributed by atoms with Crippen molar-refractivity contribution in [3.05, 3.63) is 46.5 Å². The summed E-state index contributed by atoms with van der Waals surface area (Å²) in [6, 6.07) is 6.88. The van der Waals surface area contributed by atoms with E-state index in [-0.39, 0.29) is 10.8 Å². The average Bonchev–Trinajstić information content (AvgIpc) is 2.14. The Morgan fingerprint density at radius 2 is 1.50 bits per heavy atom. The zero-order chi connectivity index (χ0) is 12.1. The highest BCUT2D eigenvalue weighted by molar-refractivity contribution is 5.51. The minimum absolute atomic E-state index is 0.169. The van der Waals surface area contributed by atoms with Crippen molar-refractivity contribution in [1.82, 2.24) is 0 Å². The second-order valence-electron chi connectivity index (χ2n) is 6.22. The van der Waals surface area contributed by atoms with Gasteiger partial charge in [-0.05, 0) is 25.0 Å². The van der Waals surface area contributed by atoms with E-state index in [4.69, 9.17) is 0 Å². The summed E-state index contributed by atoms with van der Waals surface area (Å²) in [7, 11) is 0. The van der Waals surface area contributed by atoms with Crippen molar-refractivity contribution >= 4 is 0 Å². The van der Waals surface area contributed by atoms with Crippen LogP contribution in [0.4, 0.5) is 0 Å². The summed E-state index contributed by atoms with van der Waals surface area (Å²) in [5.74, 6) is 0. The van der Waals surface area contributed by atoms with Crippen LogP contribution >= 0.6 is 0 Å². The molecule has 0 fully saturated rings. The minimum atomic E-state index is 0.169. The molecule has 0 heteroatoms. The molecule has 2 rings (SSSR count). The lowest BCUT2D eigenvalue weighted by atomic mass is 9.64. The summed E-state index contributed by atoms with van der Waals surface area (Å²) in [5.41, 5.74) is 6.17. The number of rotatable bonds is 0. The smallest absolute Gasteiger partial charge is 0.0106 e. The molecular weight excluding hydrogens is 192 g/mol. The van der Waals surface area contributed by atoms with Crippen molar-refractivity contribution < 1.29 is 0 Å². The van der Waals surface area contributed by atoms with E-state index in [1.165, 1.54) is 22.3 Å². The lowest BCUT2D eigenvalue weighted by Gasteiger charge is -2.40. The van der Waals surface area contributed by atoms with Crippen LogP contribution in [0.3, 0.4) is 0 Å². The maximum Gasteiger partial charge on any atom is 0.0106 e. The van der Waals surface area contributed by atoms with E-state index in [9.17, 15) is 0 Å². The first-order valence-electron chi connectivity index (χ1n) is 6.07. The summed E-state index contributed by atoms with van der Waals surface area (Å²) in [4.78, 5) is 0. The summed E-state index contributed by atoms with van der Waals surface area (Å²) in [6.45, 7) is 13.7. The third-order valence-corrected chi connectivity index (χ3v) is 4.11. The van der Waals surface area contributed by atoms with Gasteiger partial charge in [0.15, 0.2) is 0 Å². The molecule has 0 aliphatic heterocycles. The zero-order valence-corrected chi connectivity index (χ0v) is 11.3. The molecule has 1 aromatic rings.